The van der Waals surface area contributed by atoms with Gasteiger partial charge in [0.15, 0.2) is 0 Å². The van der Waals surface area contributed by atoms with Gasteiger partial charge in [-0.1, -0.05) is 29.8 Å². The van der Waals surface area contributed by atoms with Crippen LogP contribution in [0.5, 0.6) is 0 Å². The van der Waals surface area contributed by atoms with E-state index in [1.807, 2.05) is 18.2 Å². The molecule has 0 saturated heterocycles. The molecule has 1 aromatic rings. The molecule has 0 aromatic heterocycles. The van der Waals surface area contributed by atoms with E-state index in [-0.39, 0.29) is 11.9 Å². The molecule has 128 valence electrons. The standard InChI is InChI=1S/C17H20ClN3O3/c1-20-13-10-21(8-5-9-24-2)16(22)14(13)15(19-17(20)23)11-6-3-4-7-12(11)18/h3-4,6-7,15H,5,8-10H2,1-2H3,(H,19,23). The molecule has 7 heteroatoms. The molecule has 6 nitrogen and oxygen atoms in total. The molecular formula is C17H20ClN3O3. The highest BCUT2D eigenvalue weighted by Gasteiger charge is 2.43. The number of ether oxygens (including phenoxy) is 1. The van der Waals surface area contributed by atoms with Gasteiger partial charge in [-0.3, -0.25) is 9.69 Å². The molecule has 0 radical (unpaired) electrons. The second-order valence-electron chi connectivity index (χ2n) is 5.90. The SMILES string of the molecule is COCCCN1CC2=C(C1=O)C(c1ccccc1Cl)NC(=O)N2C. The van der Waals surface area contributed by atoms with Gasteiger partial charge in [0.25, 0.3) is 5.91 Å². The average molecular weight is 350 g/mol. The van der Waals surface area contributed by atoms with Crippen LogP contribution in [0.25, 0.3) is 0 Å². The molecule has 24 heavy (non-hydrogen) atoms. The zero-order chi connectivity index (χ0) is 17.3. The maximum Gasteiger partial charge on any atom is 0.322 e. The van der Waals surface area contributed by atoms with E-state index in [9.17, 15) is 9.59 Å². The van der Waals surface area contributed by atoms with E-state index in [0.717, 1.165) is 17.7 Å². The lowest BCUT2D eigenvalue weighted by atomic mass is 9.96. The van der Waals surface area contributed by atoms with Gasteiger partial charge in [0.2, 0.25) is 0 Å². The van der Waals surface area contributed by atoms with E-state index in [4.69, 9.17) is 16.3 Å². The lowest BCUT2D eigenvalue weighted by Gasteiger charge is -2.31. The first-order chi connectivity index (χ1) is 11.5. The van der Waals surface area contributed by atoms with Crippen LogP contribution in [0.4, 0.5) is 4.79 Å². The number of hydrogen-bond acceptors (Lipinski definition) is 3. The van der Waals surface area contributed by atoms with Gasteiger partial charge < -0.3 is 15.0 Å². The summed E-state index contributed by atoms with van der Waals surface area (Å²) in [4.78, 5) is 28.4. The number of methoxy groups -OCH3 is 1. The predicted molar refractivity (Wildman–Crippen MR) is 90.6 cm³/mol. The van der Waals surface area contributed by atoms with Gasteiger partial charge in [0.05, 0.1) is 23.9 Å². The Morgan fingerprint density at radius 3 is 2.79 bits per heavy atom. The Labute approximate surface area is 146 Å². The first-order valence-corrected chi connectivity index (χ1v) is 8.22. The Balaban J connectivity index is 1.93. The first kappa shape index (κ1) is 16.8. The fourth-order valence-electron chi connectivity index (χ4n) is 3.15. The van der Waals surface area contributed by atoms with Crippen LogP contribution >= 0.6 is 11.6 Å². The number of nitrogens with zero attached hydrogens (tertiary/aromatic N) is 2. The number of carbonyl (C=O) groups is 2. The highest BCUT2D eigenvalue weighted by Crippen LogP contribution is 2.37. The number of urea groups is 1. The normalized spacial score (nSPS) is 20.5. The monoisotopic (exact) mass is 349 g/mol. The van der Waals surface area contributed by atoms with Crippen molar-refractivity contribution in [3.63, 3.8) is 0 Å². The second kappa shape index (κ2) is 6.83. The largest absolute Gasteiger partial charge is 0.385 e. The first-order valence-electron chi connectivity index (χ1n) is 7.84. The second-order valence-corrected chi connectivity index (χ2v) is 6.30. The quantitative estimate of drug-likeness (QED) is 0.829. The van der Waals surface area contributed by atoms with E-state index in [0.29, 0.717) is 30.3 Å². The lowest BCUT2D eigenvalue weighted by Crippen LogP contribution is -2.45. The molecule has 0 fully saturated rings. The van der Waals surface area contributed by atoms with Gasteiger partial charge in [-0.05, 0) is 18.1 Å². The van der Waals surface area contributed by atoms with Crippen LogP contribution in [0, 0.1) is 0 Å². The van der Waals surface area contributed by atoms with Crippen molar-refractivity contribution in [2.45, 2.75) is 12.5 Å². The van der Waals surface area contributed by atoms with Gasteiger partial charge in [-0.2, -0.15) is 0 Å². The van der Waals surface area contributed by atoms with E-state index in [1.54, 1.807) is 25.1 Å². The number of carbonyl (C=O) groups excluding carboxylic acids is 2. The summed E-state index contributed by atoms with van der Waals surface area (Å²) in [6, 6.07) is 6.52. The Kier molecular flexibility index (Phi) is 4.78. The number of amides is 3. The molecule has 2 aliphatic heterocycles. The molecule has 2 aliphatic rings. The van der Waals surface area contributed by atoms with E-state index in [2.05, 4.69) is 5.32 Å². The van der Waals surface area contributed by atoms with Crippen molar-refractivity contribution in [1.29, 1.82) is 0 Å². The third-order valence-corrected chi connectivity index (χ3v) is 4.77. The van der Waals surface area contributed by atoms with E-state index in [1.165, 1.54) is 4.90 Å². The highest BCUT2D eigenvalue weighted by atomic mass is 35.5. The summed E-state index contributed by atoms with van der Waals surface area (Å²) in [6.45, 7) is 1.62. The summed E-state index contributed by atoms with van der Waals surface area (Å²) in [5, 5.41) is 3.42. The molecule has 0 spiro atoms. The molecule has 2 heterocycles. The van der Waals surface area contributed by atoms with E-state index >= 15 is 0 Å². The molecule has 1 atom stereocenters. The van der Waals surface area contributed by atoms with Crippen LogP contribution in [0.15, 0.2) is 35.5 Å². The fourth-order valence-corrected chi connectivity index (χ4v) is 3.39. The predicted octanol–water partition coefficient (Wildman–Crippen LogP) is 2.17. The number of rotatable bonds is 5. The Bertz CT molecular complexity index is 704. The number of benzene rings is 1. The van der Waals surface area contributed by atoms with Crippen molar-refractivity contribution in [2.24, 2.45) is 0 Å². The molecule has 1 N–H and O–H groups in total. The van der Waals surface area contributed by atoms with Crippen LogP contribution in [-0.2, 0) is 9.53 Å². The molecule has 3 amide bonds. The molecule has 0 aliphatic carbocycles. The fraction of sp³-hybridized carbons (Fsp3) is 0.412. The topological polar surface area (TPSA) is 61.9 Å². The maximum absolute atomic E-state index is 12.9. The average Bonchev–Trinajstić information content (AvgIpc) is 2.89. The zero-order valence-electron chi connectivity index (χ0n) is 13.7. The van der Waals surface area contributed by atoms with Crippen LogP contribution in [0.2, 0.25) is 5.02 Å². The van der Waals surface area contributed by atoms with Gasteiger partial charge >= 0.3 is 6.03 Å². The minimum absolute atomic E-state index is 0.0575. The summed E-state index contributed by atoms with van der Waals surface area (Å²) in [5.74, 6) is -0.0575. The molecule has 1 unspecified atom stereocenters. The number of halogens is 1. The third-order valence-electron chi connectivity index (χ3n) is 4.43. The van der Waals surface area contributed by atoms with Gasteiger partial charge in [0, 0.05) is 32.3 Å². The Morgan fingerprint density at radius 2 is 2.08 bits per heavy atom. The summed E-state index contributed by atoms with van der Waals surface area (Å²) in [7, 11) is 3.32. The summed E-state index contributed by atoms with van der Waals surface area (Å²) < 4.78 is 5.05. The number of hydrogen-bond donors (Lipinski definition) is 1. The van der Waals surface area contributed by atoms with Crippen molar-refractivity contribution in [1.82, 2.24) is 15.1 Å². The van der Waals surface area contributed by atoms with Gasteiger partial charge in [-0.25, -0.2) is 4.79 Å². The summed E-state index contributed by atoms with van der Waals surface area (Å²) in [5.41, 5.74) is 2.08. The Hall–Kier alpha value is -2.05. The molecule has 3 rings (SSSR count). The van der Waals surface area contributed by atoms with Crippen molar-refractivity contribution in [3.8, 4) is 0 Å². The Morgan fingerprint density at radius 1 is 1.33 bits per heavy atom. The number of nitrogens with one attached hydrogen (secondary N) is 1. The minimum atomic E-state index is -0.516. The minimum Gasteiger partial charge on any atom is -0.385 e. The van der Waals surface area contributed by atoms with Crippen molar-refractivity contribution < 1.29 is 14.3 Å². The maximum atomic E-state index is 12.9. The van der Waals surface area contributed by atoms with Crippen molar-refractivity contribution in [3.05, 3.63) is 46.1 Å². The van der Waals surface area contributed by atoms with Gasteiger partial charge in [0.1, 0.15) is 0 Å². The molecule has 1 aromatic carbocycles. The molecule has 0 saturated carbocycles. The summed E-state index contributed by atoms with van der Waals surface area (Å²) in [6.07, 6.45) is 0.755. The third kappa shape index (κ3) is 2.87. The molecule has 0 bridgehead atoms. The van der Waals surface area contributed by atoms with Crippen molar-refractivity contribution in [2.75, 3.05) is 33.9 Å². The van der Waals surface area contributed by atoms with Crippen LogP contribution in [0.3, 0.4) is 0 Å². The van der Waals surface area contributed by atoms with E-state index < -0.39 is 6.04 Å². The van der Waals surface area contributed by atoms with Crippen LogP contribution in [-0.4, -0.2) is 55.6 Å². The van der Waals surface area contributed by atoms with Crippen molar-refractivity contribution >= 4 is 23.5 Å². The zero-order valence-corrected chi connectivity index (χ0v) is 14.5. The van der Waals surface area contributed by atoms with Crippen LogP contribution < -0.4 is 5.32 Å². The smallest absolute Gasteiger partial charge is 0.322 e. The highest BCUT2D eigenvalue weighted by molar-refractivity contribution is 6.31. The lowest BCUT2D eigenvalue weighted by molar-refractivity contribution is -0.125. The van der Waals surface area contributed by atoms with Crippen LogP contribution in [0.1, 0.15) is 18.0 Å². The number of likely N-dealkylation sites (N-methyl/N-ethyl adjacent to an activating group) is 1. The van der Waals surface area contributed by atoms with Gasteiger partial charge in [-0.15, -0.1) is 0 Å². The summed E-state index contributed by atoms with van der Waals surface area (Å²) >= 11 is 6.29. The molecular weight excluding hydrogens is 330 g/mol.